The average Bonchev–Trinajstić information content (AvgIpc) is 2.90. The molecule has 0 aliphatic carbocycles. The van der Waals surface area contributed by atoms with Crippen LogP contribution in [0.4, 0.5) is 4.79 Å². The fourth-order valence-corrected chi connectivity index (χ4v) is 3.05. The monoisotopic (exact) mass is 354 g/mol. The summed E-state index contributed by atoms with van der Waals surface area (Å²) >= 11 is 0.895. The van der Waals surface area contributed by atoms with Crippen molar-refractivity contribution in [1.82, 2.24) is 20.2 Å². The van der Waals surface area contributed by atoms with E-state index < -0.39 is 5.91 Å². The van der Waals surface area contributed by atoms with Gasteiger partial charge in [-0.3, -0.25) is 24.3 Å². The minimum atomic E-state index is -0.403. The Balaban J connectivity index is 1.58. The number of hydrogen-bond donors (Lipinski definition) is 1. The van der Waals surface area contributed by atoms with E-state index in [1.54, 1.807) is 6.08 Å². The quantitative estimate of drug-likeness (QED) is 0.825. The van der Waals surface area contributed by atoms with Gasteiger partial charge >= 0.3 is 0 Å². The number of rotatable bonds is 5. The summed E-state index contributed by atoms with van der Waals surface area (Å²) in [4.78, 5) is 45.4. The molecule has 1 aliphatic rings. The highest BCUT2D eigenvalue weighted by atomic mass is 32.2. The third-order valence-electron chi connectivity index (χ3n) is 3.39. The van der Waals surface area contributed by atoms with Crippen molar-refractivity contribution in [2.45, 2.75) is 0 Å². The fourth-order valence-electron chi connectivity index (χ4n) is 2.18. The van der Waals surface area contributed by atoms with Crippen molar-refractivity contribution in [3.63, 3.8) is 0 Å². The summed E-state index contributed by atoms with van der Waals surface area (Å²) in [7, 11) is 0. The zero-order valence-electron chi connectivity index (χ0n) is 13.1. The molecule has 1 saturated heterocycles. The first-order valence-corrected chi connectivity index (χ1v) is 8.31. The van der Waals surface area contributed by atoms with E-state index in [0.29, 0.717) is 4.91 Å². The molecule has 0 spiro atoms. The number of nitrogens with one attached hydrogen (secondary N) is 1. The van der Waals surface area contributed by atoms with Crippen molar-refractivity contribution in [3.05, 3.63) is 65.1 Å². The molecule has 3 amide bonds. The highest BCUT2D eigenvalue weighted by Gasteiger charge is 2.34. The second kappa shape index (κ2) is 7.71. The van der Waals surface area contributed by atoms with Crippen LogP contribution in [0.1, 0.15) is 16.1 Å². The molecule has 0 radical (unpaired) electrons. The van der Waals surface area contributed by atoms with Crippen LogP contribution >= 0.6 is 11.8 Å². The summed E-state index contributed by atoms with van der Waals surface area (Å²) in [6.45, 7) is 0.245. The molecule has 1 aromatic heterocycles. The van der Waals surface area contributed by atoms with Crippen LogP contribution in [0.3, 0.4) is 0 Å². The van der Waals surface area contributed by atoms with Crippen LogP contribution in [0, 0.1) is 0 Å². The van der Waals surface area contributed by atoms with Gasteiger partial charge < -0.3 is 5.32 Å². The van der Waals surface area contributed by atoms with Gasteiger partial charge in [0.1, 0.15) is 5.69 Å². The summed E-state index contributed by atoms with van der Waals surface area (Å²) in [6.07, 6.45) is 5.91. The van der Waals surface area contributed by atoms with E-state index in [0.717, 1.165) is 22.2 Å². The van der Waals surface area contributed by atoms with E-state index in [1.165, 1.54) is 18.6 Å². The number of nitrogens with zero attached hydrogens (tertiary/aromatic N) is 3. The van der Waals surface area contributed by atoms with Crippen molar-refractivity contribution >= 4 is 34.9 Å². The second-order valence-corrected chi connectivity index (χ2v) is 6.08. The molecule has 0 bridgehead atoms. The Labute approximate surface area is 148 Å². The lowest BCUT2D eigenvalue weighted by atomic mass is 10.2. The summed E-state index contributed by atoms with van der Waals surface area (Å²) in [6, 6.07) is 9.31. The number of carbonyl (C=O) groups is 3. The molecule has 3 rings (SSSR count). The van der Waals surface area contributed by atoms with E-state index >= 15 is 0 Å². The van der Waals surface area contributed by atoms with Gasteiger partial charge in [-0.25, -0.2) is 4.98 Å². The first-order valence-electron chi connectivity index (χ1n) is 7.50. The SMILES string of the molecule is O=C(NCCN1C(=O)S/C(=C\c2ccccc2)C1=O)c1cnccn1. The van der Waals surface area contributed by atoms with Crippen molar-refractivity contribution < 1.29 is 14.4 Å². The van der Waals surface area contributed by atoms with Gasteiger partial charge in [-0.05, 0) is 23.4 Å². The molecule has 0 atom stereocenters. The summed E-state index contributed by atoms with van der Waals surface area (Å²) < 4.78 is 0. The van der Waals surface area contributed by atoms with E-state index in [-0.39, 0.29) is 29.9 Å². The first kappa shape index (κ1) is 16.8. The van der Waals surface area contributed by atoms with Gasteiger partial charge in [0.15, 0.2) is 0 Å². The summed E-state index contributed by atoms with van der Waals surface area (Å²) in [5, 5.41) is 2.27. The zero-order valence-corrected chi connectivity index (χ0v) is 13.9. The molecule has 1 N–H and O–H groups in total. The Morgan fingerprint density at radius 1 is 1.20 bits per heavy atom. The van der Waals surface area contributed by atoms with Gasteiger partial charge in [-0.15, -0.1) is 0 Å². The Morgan fingerprint density at radius 3 is 2.72 bits per heavy atom. The van der Waals surface area contributed by atoms with E-state index in [9.17, 15) is 14.4 Å². The highest BCUT2D eigenvalue weighted by molar-refractivity contribution is 8.18. The molecule has 1 aliphatic heterocycles. The van der Waals surface area contributed by atoms with E-state index in [1.807, 2.05) is 30.3 Å². The fraction of sp³-hybridized carbons (Fsp3) is 0.118. The number of carbonyl (C=O) groups excluding carboxylic acids is 3. The number of amides is 3. The number of imide groups is 1. The maximum absolute atomic E-state index is 12.3. The molecular weight excluding hydrogens is 340 g/mol. The molecule has 0 saturated carbocycles. The van der Waals surface area contributed by atoms with Crippen LogP contribution in [0.5, 0.6) is 0 Å². The predicted molar refractivity (Wildman–Crippen MR) is 93.5 cm³/mol. The molecule has 2 heterocycles. The lowest BCUT2D eigenvalue weighted by Gasteiger charge is -2.12. The zero-order chi connectivity index (χ0) is 17.6. The lowest BCUT2D eigenvalue weighted by molar-refractivity contribution is -0.122. The second-order valence-electron chi connectivity index (χ2n) is 5.09. The predicted octanol–water partition coefficient (Wildman–Crippen LogP) is 1.94. The molecule has 8 heteroatoms. The largest absolute Gasteiger partial charge is 0.349 e. The van der Waals surface area contributed by atoms with Gasteiger partial charge in [0, 0.05) is 25.5 Å². The lowest BCUT2D eigenvalue weighted by Crippen LogP contribution is -2.37. The summed E-state index contributed by atoms with van der Waals surface area (Å²) in [5.41, 5.74) is 1.03. The van der Waals surface area contributed by atoms with Gasteiger partial charge in [0.2, 0.25) is 0 Å². The highest BCUT2D eigenvalue weighted by Crippen LogP contribution is 2.31. The third-order valence-corrected chi connectivity index (χ3v) is 4.30. The molecule has 7 nitrogen and oxygen atoms in total. The average molecular weight is 354 g/mol. The Bertz CT molecular complexity index is 824. The van der Waals surface area contributed by atoms with E-state index in [2.05, 4.69) is 15.3 Å². The molecule has 25 heavy (non-hydrogen) atoms. The van der Waals surface area contributed by atoms with E-state index in [4.69, 9.17) is 0 Å². The maximum Gasteiger partial charge on any atom is 0.293 e. The van der Waals surface area contributed by atoms with Gasteiger partial charge in [0.25, 0.3) is 17.1 Å². The standard InChI is InChI=1S/C17H14N4O3S/c22-15(13-11-18-6-7-19-13)20-8-9-21-16(23)14(25-17(21)24)10-12-4-2-1-3-5-12/h1-7,10-11H,8-9H2,(H,20,22)/b14-10-. The molecule has 1 aromatic carbocycles. The summed E-state index contributed by atoms with van der Waals surface area (Å²) in [5.74, 6) is -0.757. The normalized spacial score (nSPS) is 15.7. The van der Waals surface area contributed by atoms with Crippen LogP contribution in [0.25, 0.3) is 6.08 Å². The first-order chi connectivity index (χ1) is 12.1. The van der Waals surface area contributed by atoms with Crippen LogP contribution in [-0.4, -0.2) is 45.0 Å². The van der Waals surface area contributed by atoms with Crippen LogP contribution in [-0.2, 0) is 4.79 Å². The Kier molecular flexibility index (Phi) is 5.20. The minimum Gasteiger partial charge on any atom is -0.349 e. The van der Waals surface area contributed by atoms with Gasteiger partial charge in [-0.2, -0.15) is 0 Å². The number of benzene rings is 1. The number of hydrogen-bond acceptors (Lipinski definition) is 6. The van der Waals surface area contributed by atoms with Crippen LogP contribution in [0.2, 0.25) is 0 Å². The van der Waals surface area contributed by atoms with Gasteiger partial charge in [0.05, 0.1) is 11.1 Å². The van der Waals surface area contributed by atoms with Crippen molar-refractivity contribution in [1.29, 1.82) is 0 Å². The third kappa shape index (κ3) is 4.10. The molecule has 126 valence electrons. The Hall–Kier alpha value is -3.00. The van der Waals surface area contributed by atoms with Gasteiger partial charge in [-0.1, -0.05) is 30.3 Å². The molecule has 0 unspecified atom stereocenters. The molecule has 2 aromatic rings. The maximum atomic E-state index is 12.3. The molecule has 1 fully saturated rings. The van der Waals surface area contributed by atoms with Crippen molar-refractivity contribution in [2.75, 3.05) is 13.1 Å². The van der Waals surface area contributed by atoms with Crippen LogP contribution in [0.15, 0.2) is 53.8 Å². The Morgan fingerprint density at radius 2 is 2.00 bits per heavy atom. The van der Waals surface area contributed by atoms with Crippen molar-refractivity contribution in [3.8, 4) is 0 Å². The van der Waals surface area contributed by atoms with Crippen LogP contribution < -0.4 is 5.32 Å². The molecular formula is C17H14N4O3S. The minimum absolute atomic E-state index is 0.1000. The topological polar surface area (TPSA) is 92.3 Å². The number of aromatic nitrogens is 2. The smallest absolute Gasteiger partial charge is 0.293 e. The van der Waals surface area contributed by atoms with Crippen molar-refractivity contribution in [2.24, 2.45) is 0 Å². The number of thioether (sulfide) groups is 1.